The third-order valence-corrected chi connectivity index (χ3v) is 6.11. The fraction of sp³-hybridized carbons (Fsp3) is 0.923. The molecule has 2 aliphatic carbocycles. The van der Waals surface area contributed by atoms with E-state index in [-0.39, 0.29) is 6.42 Å². The van der Waals surface area contributed by atoms with Crippen LogP contribution in [0.15, 0.2) is 0 Å². The minimum atomic E-state index is -2.63. The molecule has 0 radical (unpaired) electrons. The Labute approximate surface area is 110 Å². The van der Waals surface area contributed by atoms with Gasteiger partial charge < -0.3 is 4.74 Å². The van der Waals surface area contributed by atoms with E-state index in [1.54, 1.807) is 0 Å². The smallest absolute Gasteiger partial charge is 0.306 e. The van der Waals surface area contributed by atoms with Crippen molar-refractivity contribution in [2.45, 2.75) is 38.0 Å². The lowest BCUT2D eigenvalue weighted by atomic mass is 9.86. The molecule has 102 valence electrons. The summed E-state index contributed by atoms with van der Waals surface area (Å²) in [6.07, 6.45) is 2.66. The average Bonchev–Trinajstić information content (AvgIpc) is 2.74. The Hall–Kier alpha value is -0.320. The zero-order chi connectivity index (χ0) is 12.8. The van der Waals surface area contributed by atoms with Crippen molar-refractivity contribution in [1.82, 2.24) is 0 Å². The third-order valence-electron chi connectivity index (χ3n) is 4.70. The number of hydrogen-bond acceptors (Lipinski definition) is 3. The summed E-state index contributed by atoms with van der Waals surface area (Å²) in [6.45, 7) is 0.415. The number of esters is 1. The monoisotopic (exact) mass is 276 g/mol. The zero-order valence-electron chi connectivity index (χ0n) is 10.3. The van der Waals surface area contributed by atoms with Crippen LogP contribution in [-0.2, 0) is 9.53 Å². The van der Waals surface area contributed by atoms with Gasteiger partial charge in [0.2, 0.25) is 0 Å². The molecule has 0 N–H and O–H groups in total. The van der Waals surface area contributed by atoms with Crippen LogP contribution in [0.25, 0.3) is 0 Å². The van der Waals surface area contributed by atoms with E-state index in [1.165, 1.54) is 0 Å². The van der Waals surface area contributed by atoms with Crippen LogP contribution >= 0.6 is 11.8 Å². The Balaban J connectivity index is 1.53. The number of alkyl halides is 2. The van der Waals surface area contributed by atoms with E-state index < -0.39 is 23.2 Å². The molecule has 2 saturated carbocycles. The molecule has 5 heteroatoms. The summed E-state index contributed by atoms with van der Waals surface area (Å²) in [6, 6.07) is 0. The van der Waals surface area contributed by atoms with Crippen LogP contribution in [0.3, 0.4) is 0 Å². The van der Waals surface area contributed by atoms with Gasteiger partial charge in [-0.2, -0.15) is 11.8 Å². The summed E-state index contributed by atoms with van der Waals surface area (Å²) in [5, 5.41) is 0. The first-order valence-corrected chi connectivity index (χ1v) is 7.83. The second-order valence-electron chi connectivity index (χ2n) is 5.84. The lowest BCUT2D eigenvalue weighted by molar-refractivity contribution is -0.147. The van der Waals surface area contributed by atoms with Gasteiger partial charge in [0, 0.05) is 23.3 Å². The third kappa shape index (κ3) is 1.86. The number of thioether (sulfide) groups is 1. The van der Waals surface area contributed by atoms with Gasteiger partial charge in [-0.3, -0.25) is 4.79 Å². The Morgan fingerprint density at radius 2 is 2.11 bits per heavy atom. The van der Waals surface area contributed by atoms with Gasteiger partial charge in [0.1, 0.15) is 0 Å². The predicted octanol–water partition coefficient (Wildman–Crippen LogP) is 3.11. The molecule has 3 aliphatic rings. The van der Waals surface area contributed by atoms with Gasteiger partial charge in [-0.15, -0.1) is 0 Å². The maximum absolute atomic E-state index is 13.8. The average molecular weight is 276 g/mol. The van der Waals surface area contributed by atoms with Crippen LogP contribution in [-0.4, -0.2) is 30.0 Å². The summed E-state index contributed by atoms with van der Waals surface area (Å²) < 4.78 is 32.7. The quantitative estimate of drug-likeness (QED) is 0.738. The Bertz CT molecular complexity index is 357. The van der Waals surface area contributed by atoms with Gasteiger partial charge in [-0.25, -0.2) is 8.78 Å². The fourth-order valence-corrected chi connectivity index (χ4v) is 4.17. The molecule has 3 rings (SSSR count). The molecule has 18 heavy (non-hydrogen) atoms. The molecule has 0 bridgehead atoms. The van der Waals surface area contributed by atoms with Crippen LogP contribution in [0.5, 0.6) is 0 Å². The Morgan fingerprint density at radius 1 is 1.33 bits per heavy atom. The molecule has 0 amide bonds. The topological polar surface area (TPSA) is 26.3 Å². The number of carbonyl (C=O) groups is 1. The summed E-state index contributed by atoms with van der Waals surface area (Å²) in [4.78, 5) is 11.7. The molecule has 2 atom stereocenters. The zero-order valence-corrected chi connectivity index (χ0v) is 11.1. The number of halogens is 2. The highest BCUT2D eigenvalue weighted by molar-refractivity contribution is 8.00. The molecule has 0 spiro atoms. The molecular formula is C13H18F2O2S. The number of fused-ring (bicyclic) bond motifs is 1. The SMILES string of the molecule is O=C(CC12CCCCC1C2(F)F)OCC1CSC1. The van der Waals surface area contributed by atoms with Gasteiger partial charge in [0.25, 0.3) is 5.92 Å². The summed E-state index contributed by atoms with van der Waals surface area (Å²) in [7, 11) is 0. The lowest BCUT2D eigenvalue weighted by Gasteiger charge is -2.25. The van der Waals surface area contributed by atoms with E-state index >= 15 is 0 Å². The summed E-state index contributed by atoms with van der Waals surface area (Å²) >= 11 is 1.83. The first kappa shape index (κ1) is 12.7. The van der Waals surface area contributed by atoms with Gasteiger partial charge in [0.15, 0.2) is 0 Å². The molecule has 0 aromatic heterocycles. The molecule has 1 aliphatic heterocycles. The second kappa shape index (κ2) is 4.36. The van der Waals surface area contributed by atoms with E-state index in [1.807, 2.05) is 11.8 Å². The van der Waals surface area contributed by atoms with E-state index in [4.69, 9.17) is 4.74 Å². The second-order valence-corrected chi connectivity index (χ2v) is 6.92. The first-order chi connectivity index (χ1) is 8.56. The summed E-state index contributed by atoms with van der Waals surface area (Å²) in [5.41, 5.74) is -1.04. The molecule has 0 aromatic rings. The van der Waals surface area contributed by atoms with Crippen molar-refractivity contribution in [2.75, 3.05) is 18.1 Å². The van der Waals surface area contributed by atoms with E-state index in [0.717, 1.165) is 24.3 Å². The highest BCUT2D eigenvalue weighted by Gasteiger charge is 2.80. The van der Waals surface area contributed by atoms with Crippen LogP contribution in [0.1, 0.15) is 32.1 Å². The summed E-state index contributed by atoms with van der Waals surface area (Å²) in [5.74, 6) is -1.12. The van der Waals surface area contributed by atoms with Crippen LogP contribution in [0.4, 0.5) is 8.78 Å². The molecule has 2 nitrogen and oxygen atoms in total. The minimum Gasteiger partial charge on any atom is -0.465 e. The van der Waals surface area contributed by atoms with Crippen molar-refractivity contribution in [3.05, 3.63) is 0 Å². The standard InChI is InChI=1S/C13H18F2O2S/c14-13(15)10-3-1-2-4-12(10,13)5-11(16)17-6-9-7-18-8-9/h9-10H,1-8H2. The number of carbonyl (C=O) groups excluding carboxylic acids is 1. The normalized spacial score (nSPS) is 37.6. The first-order valence-electron chi connectivity index (χ1n) is 6.67. The highest BCUT2D eigenvalue weighted by Crippen LogP contribution is 2.73. The van der Waals surface area contributed by atoms with Crippen molar-refractivity contribution in [3.8, 4) is 0 Å². The van der Waals surface area contributed by atoms with E-state index in [2.05, 4.69) is 0 Å². The van der Waals surface area contributed by atoms with Crippen LogP contribution < -0.4 is 0 Å². The van der Waals surface area contributed by atoms with Crippen molar-refractivity contribution < 1.29 is 18.3 Å². The largest absolute Gasteiger partial charge is 0.465 e. The maximum atomic E-state index is 13.8. The number of hydrogen-bond donors (Lipinski definition) is 0. The predicted molar refractivity (Wildman–Crippen MR) is 65.7 cm³/mol. The Kier molecular flexibility index (Phi) is 3.07. The van der Waals surface area contributed by atoms with Crippen molar-refractivity contribution in [1.29, 1.82) is 0 Å². The van der Waals surface area contributed by atoms with Crippen LogP contribution in [0, 0.1) is 17.3 Å². The molecule has 0 aromatic carbocycles. The van der Waals surface area contributed by atoms with Gasteiger partial charge in [-0.1, -0.05) is 12.8 Å². The molecule has 1 saturated heterocycles. The van der Waals surface area contributed by atoms with Crippen LogP contribution in [0.2, 0.25) is 0 Å². The van der Waals surface area contributed by atoms with E-state index in [9.17, 15) is 13.6 Å². The maximum Gasteiger partial charge on any atom is 0.306 e. The van der Waals surface area contributed by atoms with Gasteiger partial charge in [-0.05, 0) is 12.8 Å². The van der Waals surface area contributed by atoms with E-state index in [0.29, 0.717) is 25.4 Å². The number of rotatable bonds is 4. The van der Waals surface area contributed by atoms with Gasteiger partial charge >= 0.3 is 5.97 Å². The lowest BCUT2D eigenvalue weighted by Crippen LogP contribution is -2.27. The molecular weight excluding hydrogens is 258 g/mol. The van der Waals surface area contributed by atoms with Crippen molar-refractivity contribution >= 4 is 17.7 Å². The number of ether oxygens (including phenoxy) is 1. The molecule has 1 heterocycles. The van der Waals surface area contributed by atoms with Crippen molar-refractivity contribution in [2.24, 2.45) is 17.3 Å². The molecule has 2 unspecified atom stereocenters. The highest BCUT2D eigenvalue weighted by atomic mass is 32.2. The molecule has 3 fully saturated rings. The minimum absolute atomic E-state index is 0.0788. The Morgan fingerprint density at radius 3 is 2.72 bits per heavy atom. The van der Waals surface area contributed by atoms with Crippen molar-refractivity contribution in [3.63, 3.8) is 0 Å². The fourth-order valence-electron chi connectivity index (χ4n) is 3.41. The van der Waals surface area contributed by atoms with Gasteiger partial charge in [0.05, 0.1) is 18.4 Å².